The molecule has 0 aromatic heterocycles. The van der Waals surface area contributed by atoms with Gasteiger partial charge in [0.15, 0.2) is 0 Å². The number of rotatable bonds is 4. The van der Waals surface area contributed by atoms with Crippen LogP contribution in [0.5, 0.6) is 0 Å². The highest BCUT2D eigenvalue weighted by atomic mass is 16.1. The Morgan fingerprint density at radius 3 is 2.91 bits per heavy atom. The molecule has 1 rings (SSSR count). The van der Waals surface area contributed by atoms with E-state index in [1.165, 1.54) is 12.8 Å². The molecule has 0 unspecified atom stereocenters. The first-order valence-electron chi connectivity index (χ1n) is 4.29. The molecule has 0 atom stereocenters. The molecular formula is C9H15NO. The van der Waals surface area contributed by atoms with Crippen molar-refractivity contribution < 1.29 is 4.79 Å². The van der Waals surface area contributed by atoms with Crippen LogP contribution in [0.15, 0.2) is 12.2 Å². The van der Waals surface area contributed by atoms with E-state index in [0.717, 1.165) is 13.0 Å². The van der Waals surface area contributed by atoms with E-state index in [2.05, 4.69) is 5.32 Å². The third-order valence-corrected chi connectivity index (χ3v) is 1.69. The second-order valence-electron chi connectivity index (χ2n) is 2.99. The van der Waals surface area contributed by atoms with Crippen LogP contribution in [0.3, 0.4) is 0 Å². The summed E-state index contributed by atoms with van der Waals surface area (Å²) in [5.74, 6) is 0.751. The lowest BCUT2D eigenvalue weighted by atomic mass is 10.3. The van der Waals surface area contributed by atoms with E-state index in [0.29, 0.717) is 5.92 Å². The molecule has 0 spiro atoms. The van der Waals surface area contributed by atoms with E-state index in [4.69, 9.17) is 0 Å². The summed E-state index contributed by atoms with van der Waals surface area (Å²) in [5.41, 5.74) is 0. The summed E-state index contributed by atoms with van der Waals surface area (Å²) >= 11 is 0. The van der Waals surface area contributed by atoms with E-state index in [9.17, 15) is 4.79 Å². The average Bonchev–Trinajstić information content (AvgIpc) is 2.80. The van der Waals surface area contributed by atoms with Gasteiger partial charge in [0, 0.05) is 6.54 Å². The van der Waals surface area contributed by atoms with E-state index in [1.54, 1.807) is 6.08 Å². The first-order chi connectivity index (χ1) is 5.33. The molecule has 0 radical (unpaired) electrons. The molecule has 0 aliphatic heterocycles. The van der Waals surface area contributed by atoms with Gasteiger partial charge < -0.3 is 5.32 Å². The fraction of sp³-hybridized carbons (Fsp3) is 0.667. The van der Waals surface area contributed by atoms with Gasteiger partial charge in [0.1, 0.15) is 0 Å². The highest BCUT2D eigenvalue weighted by molar-refractivity contribution is 5.87. The zero-order valence-corrected chi connectivity index (χ0v) is 6.97. The number of carbonyl (C=O) groups excluding carboxylic acids is 1. The van der Waals surface area contributed by atoms with Gasteiger partial charge >= 0.3 is 0 Å². The zero-order valence-electron chi connectivity index (χ0n) is 6.97. The van der Waals surface area contributed by atoms with Gasteiger partial charge in [-0.2, -0.15) is 0 Å². The topological polar surface area (TPSA) is 29.1 Å². The molecule has 1 N–H and O–H groups in total. The molecule has 0 aromatic carbocycles. The third kappa shape index (κ3) is 3.81. The maximum absolute atomic E-state index is 10.9. The number of hydrogen-bond donors (Lipinski definition) is 1. The predicted octanol–water partition coefficient (Wildman–Crippen LogP) is 1.48. The summed E-state index contributed by atoms with van der Waals surface area (Å²) < 4.78 is 0. The summed E-state index contributed by atoms with van der Waals surface area (Å²) in [6.45, 7) is 2.83. The lowest BCUT2D eigenvalue weighted by Gasteiger charge is -1.96. The summed E-state index contributed by atoms with van der Waals surface area (Å²) in [5, 5.41) is 2.79. The van der Waals surface area contributed by atoms with Crippen molar-refractivity contribution in [3.8, 4) is 0 Å². The van der Waals surface area contributed by atoms with Crippen molar-refractivity contribution in [3.63, 3.8) is 0 Å². The quantitative estimate of drug-likeness (QED) is 0.609. The first-order valence-corrected chi connectivity index (χ1v) is 4.29. The van der Waals surface area contributed by atoms with Gasteiger partial charge in [-0.3, -0.25) is 4.79 Å². The van der Waals surface area contributed by atoms with E-state index >= 15 is 0 Å². The van der Waals surface area contributed by atoms with Crippen molar-refractivity contribution in [2.45, 2.75) is 26.2 Å². The van der Waals surface area contributed by atoms with Crippen LogP contribution in [0.4, 0.5) is 0 Å². The molecule has 0 saturated heterocycles. The SMILES string of the molecule is CCCNC(=O)C=CC1CC1. The van der Waals surface area contributed by atoms with Gasteiger partial charge in [0.05, 0.1) is 0 Å². The molecule has 62 valence electrons. The Bertz CT molecular complexity index is 159. The maximum Gasteiger partial charge on any atom is 0.243 e. The number of carbonyl (C=O) groups is 1. The third-order valence-electron chi connectivity index (χ3n) is 1.69. The van der Waals surface area contributed by atoms with E-state index in [-0.39, 0.29) is 5.91 Å². The van der Waals surface area contributed by atoms with Gasteiger partial charge in [-0.1, -0.05) is 13.0 Å². The second kappa shape index (κ2) is 4.16. The molecular weight excluding hydrogens is 138 g/mol. The minimum Gasteiger partial charge on any atom is -0.353 e. The maximum atomic E-state index is 10.9. The molecule has 2 heteroatoms. The Kier molecular flexibility index (Phi) is 3.14. The fourth-order valence-electron chi connectivity index (χ4n) is 0.819. The Hall–Kier alpha value is -0.790. The van der Waals surface area contributed by atoms with Crippen molar-refractivity contribution in [2.24, 2.45) is 5.92 Å². The summed E-state index contributed by atoms with van der Waals surface area (Å²) in [7, 11) is 0. The average molecular weight is 153 g/mol. The van der Waals surface area contributed by atoms with Crippen molar-refractivity contribution in [1.82, 2.24) is 5.32 Å². The molecule has 0 bridgehead atoms. The van der Waals surface area contributed by atoms with Crippen LogP contribution in [0.2, 0.25) is 0 Å². The number of hydrogen-bond acceptors (Lipinski definition) is 1. The van der Waals surface area contributed by atoms with Crippen molar-refractivity contribution in [3.05, 3.63) is 12.2 Å². The second-order valence-corrected chi connectivity index (χ2v) is 2.99. The van der Waals surface area contributed by atoms with Crippen LogP contribution < -0.4 is 5.32 Å². The Morgan fingerprint density at radius 2 is 2.36 bits per heavy atom. The summed E-state index contributed by atoms with van der Waals surface area (Å²) in [6, 6.07) is 0. The monoisotopic (exact) mass is 153 g/mol. The Morgan fingerprint density at radius 1 is 1.64 bits per heavy atom. The molecule has 0 heterocycles. The minimum absolute atomic E-state index is 0.0544. The Balaban J connectivity index is 2.08. The molecule has 2 nitrogen and oxygen atoms in total. The predicted molar refractivity (Wildman–Crippen MR) is 45.2 cm³/mol. The lowest BCUT2D eigenvalue weighted by molar-refractivity contribution is -0.116. The summed E-state index contributed by atoms with van der Waals surface area (Å²) in [4.78, 5) is 10.9. The van der Waals surface area contributed by atoms with Crippen molar-refractivity contribution in [1.29, 1.82) is 0 Å². The minimum atomic E-state index is 0.0544. The zero-order chi connectivity index (χ0) is 8.10. The van der Waals surface area contributed by atoms with Crippen molar-refractivity contribution >= 4 is 5.91 Å². The Labute approximate surface area is 67.7 Å². The highest BCUT2D eigenvalue weighted by Crippen LogP contribution is 2.29. The highest BCUT2D eigenvalue weighted by Gasteiger charge is 2.17. The van der Waals surface area contributed by atoms with E-state index < -0.39 is 0 Å². The van der Waals surface area contributed by atoms with Gasteiger partial charge in [0.2, 0.25) is 5.91 Å². The molecule has 1 amide bonds. The normalized spacial score (nSPS) is 17.2. The van der Waals surface area contributed by atoms with Gasteiger partial charge in [-0.25, -0.2) is 0 Å². The van der Waals surface area contributed by atoms with Crippen molar-refractivity contribution in [2.75, 3.05) is 6.54 Å². The van der Waals surface area contributed by atoms with Crippen LogP contribution in [0.1, 0.15) is 26.2 Å². The molecule has 1 fully saturated rings. The van der Waals surface area contributed by atoms with Gasteiger partial charge in [-0.05, 0) is 31.3 Å². The van der Waals surface area contributed by atoms with Crippen LogP contribution in [-0.2, 0) is 4.79 Å². The smallest absolute Gasteiger partial charge is 0.243 e. The van der Waals surface area contributed by atoms with E-state index in [1.807, 2.05) is 13.0 Å². The first kappa shape index (κ1) is 8.31. The molecule has 1 saturated carbocycles. The van der Waals surface area contributed by atoms with Crippen LogP contribution in [0.25, 0.3) is 0 Å². The molecule has 0 aromatic rings. The standard InChI is InChI=1S/C9H15NO/c1-2-7-10-9(11)6-5-8-3-4-8/h5-6,8H,2-4,7H2,1H3,(H,10,11). The van der Waals surface area contributed by atoms with Crippen LogP contribution in [0, 0.1) is 5.92 Å². The number of nitrogens with one attached hydrogen (secondary N) is 1. The lowest BCUT2D eigenvalue weighted by Crippen LogP contribution is -2.21. The van der Waals surface area contributed by atoms with Crippen LogP contribution in [-0.4, -0.2) is 12.5 Å². The van der Waals surface area contributed by atoms with Gasteiger partial charge in [-0.15, -0.1) is 0 Å². The van der Waals surface area contributed by atoms with Crippen LogP contribution >= 0.6 is 0 Å². The molecule has 11 heavy (non-hydrogen) atoms. The molecule has 1 aliphatic carbocycles. The number of amides is 1. The summed E-state index contributed by atoms with van der Waals surface area (Å²) in [6.07, 6.45) is 7.19. The van der Waals surface area contributed by atoms with Gasteiger partial charge in [0.25, 0.3) is 0 Å². The largest absolute Gasteiger partial charge is 0.353 e. The molecule has 1 aliphatic rings. The number of allylic oxidation sites excluding steroid dienone is 1. The fourth-order valence-corrected chi connectivity index (χ4v) is 0.819.